The molecule has 6 heteroatoms. The molecule has 0 saturated heterocycles. The molecule has 0 spiro atoms. The van der Waals surface area contributed by atoms with Gasteiger partial charge < -0.3 is 4.98 Å². The number of hydrogen-bond donors (Lipinski definition) is 0. The summed E-state index contributed by atoms with van der Waals surface area (Å²) < 4.78 is 0. The summed E-state index contributed by atoms with van der Waals surface area (Å²) in [4.78, 5) is 14.2. The first-order chi connectivity index (χ1) is 30.6. The molecule has 66 heavy (non-hydrogen) atoms. The minimum Gasteiger partial charge on any atom is -0.304 e. The predicted octanol–water partition coefficient (Wildman–Crippen LogP) is 15.5. The fourth-order valence-electron chi connectivity index (χ4n) is 8.19. The number of pyridine rings is 3. The van der Waals surface area contributed by atoms with Gasteiger partial charge in [-0.05, 0) is 81.1 Å². The zero-order valence-electron chi connectivity index (χ0n) is 38.3. The zero-order valence-corrected chi connectivity index (χ0v) is 45.5. The van der Waals surface area contributed by atoms with Crippen molar-refractivity contribution in [2.24, 2.45) is 5.92 Å². The van der Waals surface area contributed by atoms with Crippen molar-refractivity contribution in [2.45, 2.75) is 54.9 Å². The van der Waals surface area contributed by atoms with Crippen LogP contribution in [0.25, 0.3) is 77.5 Å². The molecule has 3 heterocycles. The average Bonchev–Trinajstić information content (AvgIpc) is 3.29. The molecule has 0 aliphatic carbocycles. The van der Waals surface area contributed by atoms with Crippen LogP contribution in [0.4, 0.5) is 0 Å². The molecular weight excluding hydrogens is 1340 g/mol. The molecule has 0 saturated carbocycles. The van der Waals surface area contributed by atoms with Crippen LogP contribution in [0.1, 0.15) is 47.2 Å². The van der Waals surface area contributed by atoms with Crippen molar-refractivity contribution in [1.29, 1.82) is 0 Å². The van der Waals surface area contributed by atoms with Crippen molar-refractivity contribution in [1.82, 2.24) is 15.0 Å². The summed E-state index contributed by atoms with van der Waals surface area (Å²) in [7, 11) is 0. The average molecular weight is 1390 g/mol. The Kier molecular flexibility index (Phi) is 18.8. The van der Waals surface area contributed by atoms with Crippen LogP contribution < -0.4 is 0 Å². The smallest absolute Gasteiger partial charge is 0.0598 e. The number of hydrogen-bond acceptors (Lipinski definition) is 3. The summed E-state index contributed by atoms with van der Waals surface area (Å²) in [6, 6.07) is 66.9. The van der Waals surface area contributed by atoms with Gasteiger partial charge in [-0.1, -0.05) is 156 Å². The Labute approximate surface area is 431 Å². The number of aromatic nitrogens is 3. The molecule has 0 amide bonds. The van der Waals surface area contributed by atoms with Gasteiger partial charge in [0.2, 0.25) is 0 Å². The summed E-state index contributed by atoms with van der Waals surface area (Å²) in [5.74, 6) is 0.661. The first-order valence-electron chi connectivity index (χ1n) is 21.8. The minimum absolute atomic E-state index is 0. The van der Waals surface area contributed by atoms with Crippen molar-refractivity contribution < 1.29 is 60.3 Å². The van der Waals surface area contributed by atoms with Crippen molar-refractivity contribution in [2.75, 3.05) is 0 Å². The number of benzene rings is 7. The van der Waals surface area contributed by atoms with E-state index in [1.807, 2.05) is 42.6 Å². The second-order valence-corrected chi connectivity index (χ2v) is 16.9. The minimum atomic E-state index is 0. The standard InChI is InChI=1S/C22H16N.C21H22N.C17H14N.3Ir/c1-16-21-13-6-5-10-20(21)15-23-22(16)19-12-7-11-18(14-19)17-8-3-2-4-9-17;1-14(2)9-17-5-6-18-7-8-20(22-21(18)13-17)19-11-15(3)10-16(4)12-19;1-12-9-13(2)11-15(10-12)17-8-7-14-5-3-4-6-16(14)18-17;;;/h2-11,13-15H,1H3;5-8,10-11,13-14H,9H2,1-4H3;3-10H,1-2H3;;;/q3*-1;;;. The molecule has 0 atom stereocenters. The summed E-state index contributed by atoms with van der Waals surface area (Å²) >= 11 is 0. The van der Waals surface area contributed by atoms with Crippen LogP contribution in [0.5, 0.6) is 0 Å². The molecule has 0 bridgehead atoms. The largest absolute Gasteiger partial charge is 0.304 e. The van der Waals surface area contributed by atoms with E-state index in [-0.39, 0.29) is 60.3 Å². The van der Waals surface area contributed by atoms with E-state index in [1.165, 1.54) is 54.9 Å². The number of nitrogens with zero attached hydrogens (tertiary/aromatic N) is 3. The predicted molar refractivity (Wildman–Crippen MR) is 266 cm³/mol. The van der Waals surface area contributed by atoms with Gasteiger partial charge in [0.05, 0.1) is 11.0 Å². The number of para-hydroxylation sites is 1. The van der Waals surface area contributed by atoms with Crippen LogP contribution >= 0.6 is 0 Å². The summed E-state index contributed by atoms with van der Waals surface area (Å²) in [6.45, 7) is 15.0. The van der Waals surface area contributed by atoms with Crippen LogP contribution in [0.3, 0.4) is 0 Å². The van der Waals surface area contributed by atoms with E-state index in [2.05, 4.69) is 199 Å². The van der Waals surface area contributed by atoms with Crippen molar-refractivity contribution in [3.63, 3.8) is 0 Å². The molecule has 0 aliphatic rings. The van der Waals surface area contributed by atoms with Gasteiger partial charge in [0.25, 0.3) is 0 Å². The molecular formula is C60H52Ir3N3-3. The van der Waals surface area contributed by atoms with E-state index in [9.17, 15) is 0 Å². The van der Waals surface area contributed by atoms with E-state index in [0.717, 1.165) is 62.4 Å². The van der Waals surface area contributed by atoms with Gasteiger partial charge in [0, 0.05) is 66.5 Å². The van der Waals surface area contributed by atoms with Gasteiger partial charge >= 0.3 is 0 Å². The number of rotatable bonds is 6. The molecule has 10 rings (SSSR count). The second-order valence-electron chi connectivity index (χ2n) is 16.9. The topological polar surface area (TPSA) is 38.7 Å². The van der Waals surface area contributed by atoms with Gasteiger partial charge in [-0.3, -0.25) is 9.97 Å². The maximum atomic E-state index is 4.86. The molecule has 3 radical (unpaired) electrons. The van der Waals surface area contributed by atoms with Crippen molar-refractivity contribution in [3.05, 3.63) is 222 Å². The van der Waals surface area contributed by atoms with E-state index >= 15 is 0 Å². The van der Waals surface area contributed by atoms with Crippen LogP contribution in [0, 0.1) is 58.7 Å². The van der Waals surface area contributed by atoms with Gasteiger partial charge in [-0.2, -0.15) is 0 Å². The molecule has 10 aromatic rings. The Hall–Kier alpha value is -5.28. The van der Waals surface area contributed by atoms with Gasteiger partial charge in [-0.15, -0.1) is 105 Å². The Morgan fingerprint density at radius 2 is 1.05 bits per heavy atom. The first kappa shape index (κ1) is 51.7. The van der Waals surface area contributed by atoms with Crippen molar-refractivity contribution >= 4 is 32.6 Å². The molecule has 0 fully saturated rings. The Balaban J connectivity index is 0.000000183. The summed E-state index contributed by atoms with van der Waals surface area (Å²) in [6.07, 6.45) is 3.04. The third-order valence-corrected chi connectivity index (χ3v) is 11.1. The second kappa shape index (κ2) is 24.0. The quantitative estimate of drug-likeness (QED) is 0.156. The third kappa shape index (κ3) is 13.0. The summed E-state index contributed by atoms with van der Waals surface area (Å²) in [5.41, 5.74) is 18.0. The monoisotopic (exact) mass is 1390 g/mol. The Morgan fingerprint density at radius 1 is 0.485 bits per heavy atom. The van der Waals surface area contributed by atoms with Crippen LogP contribution in [-0.4, -0.2) is 15.0 Å². The normalized spacial score (nSPS) is 10.5. The third-order valence-electron chi connectivity index (χ3n) is 11.1. The number of aryl methyl sites for hydroxylation is 5. The summed E-state index contributed by atoms with van der Waals surface area (Å²) in [5, 5.41) is 4.79. The molecule has 337 valence electrons. The first-order valence-corrected chi connectivity index (χ1v) is 21.8. The van der Waals surface area contributed by atoms with E-state index in [4.69, 9.17) is 9.97 Å². The molecule has 0 unspecified atom stereocenters. The van der Waals surface area contributed by atoms with Crippen LogP contribution in [0.15, 0.2) is 170 Å². The van der Waals surface area contributed by atoms with Crippen LogP contribution in [-0.2, 0) is 66.7 Å². The van der Waals surface area contributed by atoms with Crippen LogP contribution in [0.2, 0.25) is 0 Å². The zero-order chi connectivity index (χ0) is 43.9. The van der Waals surface area contributed by atoms with E-state index in [0.29, 0.717) is 5.92 Å². The fraction of sp³-hybridized carbons (Fsp3) is 0.150. The maximum absolute atomic E-state index is 4.86. The van der Waals surface area contributed by atoms with E-state index < -0.39 is 0 Å². The van der Waals surface area contributed by atoms with Gasteiger partial charge in [-0.25, -0.2) is 0 Å². The number of fused-ring (bicyclic) bond motifs is 3. The fourth-order valence-corrected chi connectivity index (χ4v) is 8.19. The maximum Gasteiger partial charge on any atom is 0.0598 e. The molecule has 3 nitrogen and oxygen atoms in total. The molecule has 0 aliphatic heterocycles. The molecule has 3 aromatic heterocycles. The van der Waals surface area contributed by atoms with E-state index in [1.54, 1.807) is 0 Å². The SMILES string of the molecule is Cc1[c-]c(-c2ccc3ccc(CC(C)C)cc3n2)cc(C)c1.Cc1[c-]c(-c2ccc3ccccc3n2)cc(C)c1.Cc1c(-c2[c-]ccc(-c3ccccc3)c2)ncc2ccccc12.[Ir].[Ir].[Ir]. The van der Waals surface area contributed by atoms with Gasteiger partial charge in [0.1, 0.15) is 0 Å². The molecule has 0 N–H and O–H groups in total. The Bertz CT molecular complexity index is 3160. The van der Waals surface area contributed by atoms with Crippen molar-refractivity contribution in [3.8, 4) is 44.9 Å². The molecule has 7 aromatic carbocycles. The Morgan fingerprint density at radius 3 is 1.68 bits per heavy atom. The van der Waals surface area contributed by atoms with Gasteiger partial charge in [0.15, 0.2) is 0 Å².